The number of halogens is 5. The smallest absolute Gasteiger partial charge is 0.367 e. The highest BCUT2D eigenvalue weighted by Gasteiger charge is 2.35. The number of amides is 1. The van der Waals surface area contributed by atoms with Gasteiger partial charge in [-0.3, -0.25) is 19.7 Å². The number of fused-ring (bicyclic) bond motifs is 1. The lowest BCUT2D eigenvalue weighted by Crippen LogP contribution is -2.51. The van der Waals surface area contributed by atoms with Crippen molar-refractivity contribution in [3.05, 3.63) is 30.1 Å². The zero-order chi connectivity index (χ0) is 25.2. The van der Waals surface area contributed by atoms with Gasteiger partial charge in [0.25, 0.3) is 6.43 Å². The van der Waals surface area contributed by atoms with Crippen molar-refractivity contribution in [2.24, 2.45) is 11.8 Å². The second kappa shape index (κ2) is 10.6. The average Bonchev–Trinajstić information content (AvgIpc) is 2.78. The predicted molar refractivity (Wildman–Crippen MR) is 122 cm³/mol. The number of carbonyl (C=O) groups excluding carboxylic acids is 1. The maximum Gasteiger partial charge on any atom is 0.418 e. The summed E-state index contributed by atoms with van der Waals surface area (Å²) < 4.78 is 65.5. The molecule has 0 radical (unpaired) electrons. The molecule has 1 aromatic heterocycles. The highest BCUT2D eigenvalue weighted by Crippen LogP contribution is 2.37. The van der Waals surface area contributed by atoms with E-state index in [1.165, 1.54) is 18.5 Å². The fraction of sp³-hybridized carbons (Fsp3) is 0.625. The number of hydrogen-bond acceptors (Lipinski definition) is 5. The highest BCUT2D eigenvalue weighted by molar-refractivity contribution is 5.91. The number of aromatic nitrogens is 2. The summed E-state index contributed by atoms with van der Waals surface area (Å²) in [4.78, 5) is 24.6. The summed E-state index contributed by atoms with van der Waals surface area (Å²) in [5, 5.41) is 3.09. The number of alkyl halides is 5. The van der Waals surface area contributed by atoms with E-state index in [0.717, 1.165) is 12.5 Å². The molecule has 6 nitrogen and oxygen atoms in total. The van der Waals surface area contributed by atoms with Gasteiger partial charge in [-0.2, -0.15) is 13.2 Å². The molecule has 2 saturated heterocycles. The standard InChI is InChI=1S/C24H30F5N5O/c1-15-10-17(32-21(35)11-16-4-8-33(9-5-16)14-20(25)26)13-34(12-15)19-3-2-18(24(27,28)29)22-23(19)31-7-6-30-22/h2-3,6-7,15-17,20H,4-5,8-14H2,1H3,(H,32,35)/t15-,17+/m0/s1. The van der Waals surface area contributed by atoms with Crippen LogP contribution in [0.3, 0.4) is 0 Å². The lowest BCUT2D eigenvalue weighted by Gasteiger charge is -2.39. The molecule has 2 aliphatic rings. The third-order valence-electron chi connectivity index (χ3n) is 6.85. The maximum atomic E-state index is 13.5. The molecule has 0 aliphatic carbocycles. The van der Waals surface area contributed by atoms with E-state index in [2.05, 4.69) is 15.3 Å². The summed E-state index contributed by atoms with van der Waals surface area (Å²) in [6.45, 7) is 4.04. The maximum absolute atomic E-state index is 13.5. The second-order valence-corrected chi connectivity index (χ2v) is 9.73. The van der Waals surface area contributed by atoms with Crippen LogP contribution in [0.5, 0.6) is 0 Å². The van der Waals surface area contributed by atoms with Gasteiger partial charge in [0.2, 0.25) is 5.91 Å². The van der Waals surface area contributed by atoms with E-state index in [9.17, 15) is 26.7 Å². The fourth-order valence-corrected chi connectivity index (χ4v) is 5.30. The molecule has 3 heterocycles. The Morgan fingerprint density at radius 2 is 1.80 bits per heavy atom. The number of likely N-dealkylation sites (tertiary alicyclic amines) is 1. The Labute approximate surface area is 200 Å². The van der Waals surface area contributed by atoms with Gasteiger partial charge >= 0.3 is 6.18 Å². The fourth-order valence-electron chi connectivity index (χ4n) is 5.30. The molecule has 1 aromatic carbocycles. The van der Waals surface area contributed by atoms with Crippen LogP contribution in [0.1, 0.15) is 38.2 Å². The van der Waals surface area contributed by atoms with Crippen LogP contribution >= 0.6 is 0 Å². The molecular weight excluding hydrogens is 469 g/mol. The van der Waals surface area contributed by atoms with Gasteiger partial charge < -0.3 is 10.2 Å². The van der Waals surface area contributed by atoms with Crippen LogP contribution in [0, 0.1) is 11.8 Å². The Balaban J connectivity index is 1.41. The van der Waals surface area contributed by atoms with Crippen molar-refractivity contribution in [2.75, 3.05) is 37.6 Å². The van der Waals surface area contributed by atoms with Gasteiger partial charge in [-0.1, -0.05) is 6.92 Å². The van der Waals surface area contributed by atoms with Crippen molar-refractivity contribution in [2.45, 2.75) is 51.3 Å². The zero-order valence-electron chi connectivity index (χ0n) is 19.6. The van der Waals surface area contributed by atoms with Crippen LogP contribution in [0.15, 0.2) is 24.5 Å². The average molecular weight is 500 g/mol. The summed E-state index contributed by atoms with van der Waals surface area (Å²) >= 11 is 0. The predicted octanol–water partition coefficient (Wildman–Crippen LogP) is 4.35. The van der Waals surface area contributed by atoms with E-state index >= 15 is 0 Å². The normalized spacial score (nSPS) is 22.7. The minimum absolute atomic E-state index is 0.0755. The number of benzene rings is 1. The van der Waals surface area contributed by atoms with Crippen molar-refractivity contribution in [3.8, 4) is 0 Å². The van der Waals surface area contributed by atoms with Crippen molar-refractivity contribution in [1.82, 2.24) is 20.2 Å². The van der Waals surface area contributed by atoms with E-state index in [0.29, 0.717) is 51.1 Å². The van der Waals surface area contributed by atoms with E-state index in [1.807, 2.05) is 11.8 Å². The molecule has 0 saturated carbocycles. The number of nitrogens with one attached hydrogen (secondary N) is 1. The largest absolute Gasteiger partial charge is 0.418 e. The molecule has 1 N–H and O–H groups in total. The molecule has 0 unspecified atom stereocenters. The van der Waals surface area contributed by atoms with Crippen molar-refractivity contribution in [3.63, 3.8) is 0 Å². The Hall–Kier alpha value is -2.56. The molecule has 1 amide bonds. The first-order chi connectivity index (χ1) is 16.6. The number of hydrogen-bond donors (Lipinski definition) is 1. The number of nitrogens with zero attached hydrogens (tertiary/aromatic N) is 4. The first-order valence-electron chi connectivity index (χ1n) is 12.0. The molecule has 4 rings (SSSR count). The third kappa shape index (κ3) is 6.36. The van der Waals surface area contributed by atoms with Crippen LogP contribution in [0.25, 0.3) is 11.0 Å². The third-order valence-corrected chi connectivity index (χ3v) is 6.85. The quantitative estimate of drug-likeness (QED) is 0.599. The monoisotopic (exact) mass is 499 g/mol. The number of carbonyl (C=O) groups is 1. The molecule has 35 heavy (non-hydrogen) atoms. The van der Waals surface area contributed by atoms with Crippen LogP contribution in [-0.2, 0) is 11.0 Å². The molecule has 2 aromatic rings. The lowest BCUT2D eigenvalue weighted by atomic mass is 9.92. The molecular formula is C24H30F5N5O. The molecule has 2 fully saturated rings. The van der Waals surface area contributed by atoms with Gasteiger partial charge in [0.1, 0.15) is 11.0 Å². The summed E-state index contributed by atoms with van der Waals surface area (Å²) in [6.07, 6.45) is -1.71. The number of piperidine rings is 2. The topological polar surface area (TPSA) is 61.4 Å². The zero-order valence-corrected chi connectivity index (χ0v) is 19.6. The van der Waals surface area contributed by atoms with Crippen molar-refractivity contribution in [1.29, 1.82) is 0 Å². The second-order valence-electron chi connectivity index (χ2n) is 9.73. The van der Waals surface area contributed by atoms with E-state index in [1.54, 1.807) is 4.90 Å². The van der Waals surface area contributed by atoms with Gasteiger partial charge in [0.15, 0.2) is 0 Å². The van der Waals surface area contributed by atoms with Crippen LogP contribution in [0.4, 0.5) is 27.6 Å². The van der Waals surface area contributed by atoms with Gasteiger partial charge in [-0.05, 0) is 56.3 Å². The minimum atomic E-state index is -4.53. The van der Waals surface area contributed by atoms with Crippen LogP contribution < -0.4 is 10.2 Å². The van der Waals surface area contributed by atoms with Gasteiger partial charge in [0, 0.05) is 37.9 Å². The molecule has 2 atom stereocenters. The summed E-state index contributed by atoms with van der Waals surface area (Å²) in [5.41, 5.74) is -0.247. The van der Waals surface area contributed by atoms with Gasteiger partial charge in [0.05, 0.1) is 17.8 Å². The molecule has 2 aliphatic heterocycles. The lowest BCUT2D eigenvalue weighted by molar-refractivity contribution is -0.136. The summed E-state index contributed by atoms with van der Waals surface area (Å²) in [6, 6.07) is 2.32. The van der Waals surface area contributed by atoms with E-state index in [4.69, 9.17) is 0 Å². The van der Waals surface area contributed by atoms with E-state index < -0.39 is 18.2 Å². The summed E-state index contributed by atoms with van der Waals surface area (Å²) in [5.74, 6) is 0.296. The Kier molecular flexibility index (Phi) is 7.73. The summed E-state index contributed by atoms with van der Waals surface area (Å²) in [7, 11) is 0. The molecule has 192 valence electrons. The van der Waals surface area contributed by atoms with Gasteiger partial charge in [-0.25, -0.2) is 8.78 Å². The molecule has 0 bridgehead atoms. The Morgan fingerprint density at radius 3 is 2.46 bits per heavy atom. The Morgan fingerprint density at radius 1 is 1.11 bits per heavy atom. The van der Waals surface area contributed by atoms with Gasteiger partial charge in [-0.15, -0.1) is 0 Å². The SMILES string of the molecule is C[C@H]1C[C@@H](NC(=O)CC2CCN(CC(F)F)CC2)CN(c2ccc(C(F)(F)F)c3nccnc23)C1. The van der Waals surface area contributed by atoms with E-state index in [-0.39, 0.29) is 41.4 Å². The molecule has 0 spiro atoms. The number of rotatable bonds is 6. The van der Waals surface area contributed by atoms with Crippen molar-refractivity contribution < 1.29 is 26.7 Å². The Bertz CT molecular complexity index is 1030. The van der Waals surface area contributed by atoms with Crippen molar-refractivity contribution >= 4 is 22.6 Å². The number of anilines is 1. The highest BCUT2D eigenvalue weighted by atomic mass is 19.4. The first kappa shape index (κ1) is 25.5. The van der Waals surface area contributed by atoms with Crippen LogP contribution in [0.2, 0.25) is 0 Å². The molecule has 11 heteroatoms. The minimum Gasteiger partial charge on any atom is -0.367 e. The van der Waals surface area contributed by atoms with Crippen LogP contribution in [-0.4, -0.2) is 66.0 Å². The first-order valence-corrected chi connectivity index (χ1v) is 12.0.